The number of carbonyl (C=O) groups is 1. The van der Waals surface area contributed by atoms with Gasteiger partial charge in [-0.05, 0) is 30.3 Å². The number of aryl methyl sites for hydroxylation is 1. The number of hydrogen-bond acceptors (Lipinski definition) is 3. The van der Waals surface area contributed by atoms with Crippen LogP contribution in [0.1, 0.15) is 10.4 Å². The molecule has 0 radical (unpaired) electrons. The van der Waals surface area contributed by atoms with Crippen molar-refractivity contribution in [2.24, 2.45) is 7.05 Å². The maximum Gasteiger partial charge on any atom is 0.261 e. The van der Waals surface area contributed by atoms with Gasteiger partial charge >= 0.3 is 0 Å². The van der Waals surface area contributed by atoms with Crippen molar-refractivity contribution < 1.29 is 9.53 Å². The summed E-state index contributed by atoms with van der Waals surface area (Å²) in [4.78, 5) is 25.2. The van der Waals surface area contributed by atoms with E-state index < -0.39 is 5.91 Å². The smallest absolute Gasteiger partial charge is 0.261 e. The summed E-state index contributed by atoms with van der Waals surface area (Å²) in [6.45, 7) is 0. The van der Waals surface area contributed by atoms with Crippen LogP contribution in [0, 0.1) is 0 Å². The Morgan fingerprint density at radius 1 is 1.21 bits per heavy atom. The van der Waals surface area contributed by atoms with Crippen molar-refractivity contribution in [2.75, 3.05) is 12.4 Å². The van der Waals surface area contributed by atoms with Crippen LogP contribution in [-0.2, 0) is 7.05 Å². The summed E-state index contributed by atoms with van der Waals surface area (Å²) in [5, 5.41) is 3.64. The molecular formula is C18H15ClN2O3. The van der Waals surface area contributed by atoms with Crippen molar-refractivity contribution in [3.8, 4) is 5.75 Å². The molecule has 0 aliphatic carbocycles. The first-order chi connectivity index (χ1) is 11.5. The van der Waals surface area contributed by atoms with Crippen LogP contribution in [0.3, 0.4) is 0 Å². The highest BCUT2D eigenvalue weighted by molar-refractivity contribution is 6.31. The number of anilines is 1. The van der Waals surface area contributed by atoms with Crippen molar-refractivity contribution in [1.29, 1.82) is 0 Å². The molecule has 1 amide bonds. The Kier molecular flexibility index (Phi) is 4.27. The third kappa shape index (κ3) is 2.86. The third-order valence-corrected chi connectivity index (χ3v) is 3.99. The van der Waals surface area contributed by atoms with E-state index in [1.165, 1.54) is 13.3 Å². The van der Waals surface area contributed by atoms with E-state index in [1.807, 2.05) is 12.1 Å². The lowest BCUT2D eigenvalue weighted by molar-refractivity contribution is 0.102. The maximum absolute atomic E-state index is 12.6. The van der Waals surface area contributed by atoms with E-state index in [-0.39, 0.29) is 11.0 Å². The molecule has 1 heterocycles. The van der Waals surface area contributed by atoms with Gasteiger partial charge < -0.3 is 14.6 Å². The second-order valence-electron chi connectivity index (χ2n) is 5.30. The molecule has 0 aliphatic rings. The minimum Gasteiger partial charge on any atom is -0.495 e. The number of nitrogens with zero attached hydrogens (tertiary/aromatic N) is 1. The molecule has 0 fully saturated rings. The summed E-state index contributed by atoms with van der Waals surface area (Å²) in [6, 6.07) is 12.0. The van der Waals surface area contributed by atoms with E-state index in [2.05, 4.69) is 5.32 Å². The summed E-state index contributed by atoms with van der Waals surface area (Å²) in [6.07, 6.45) is 1.52. The molecule has 2 aromatic carbocycles. The number of methoxy groups -OCH3 is 1. The van der Waals surface area contributed by atoms with Gasteiger partial charge in [-0.25, -0.2) is 0 Å². The first-order valence-electron chi connectivity index (χ1n) is 7.24. The molecule has 3 rings (SSSR count). The van der Waals surface area contributed by atoms with Gasteiger partial charge in [0.1, 0.15) is 11.3 Å². The van der Waals surface area contributed by atoms with Gasteiger partial charge in [-0.3, -0.25) is 9.59 Å². The molecule has 1 N–H and O–H groups in total. The number of amides is 1. The molecule has 5 nitrogen and oxygen atoms in total. The number of fused-ring (bicyclic) bond motifs is 1. The molecule has 0 bridgehead atoms. The number of carbonyl (C=O) groups excluding carboxylic acids is 1. The number of halogens is 1. The second-order valence-corrected chi connectivity index (χ2v) is 5.74. The van der Waals surface area contributed by atoms with Crippen LogP contribution in [0.5, 0.6) is 5.75 Å². The van der Waals surface area contributed by atoms with E-state index in [0.717, 1.165) is 5.52 Å². The zero-order valence-corrected chi connectivity index (χ0v) is 13.9. The minimum atomic E-state index is -0.512. The average Bonchev–Trinajstić information content (AvgIpc) is 2.58. The average molecular weight is 343 g/mol. The van der Waals surface area contributed by atoms with Crippen molar-refractivity contribution in [3.63, 3.8) is 0 Å². The number of ether oxygens (including phenoxy) is 1. The summed E-state index contributed by atoms with van der Waals surface area (Å²) in [5.74, 6) is -0.0488. The number of hydrogen-bond donors (Lipinski definition) is 1. The predicted molar refractivity (Wildman–Crippen MR) is 95.1 cm³/mol. The molecule has 3 aromatic rings. The summed E-state index contributed by atoms with van der Waals surface area (Å²) in [5.41, 5.74) is 0.907. The number of pyridine rings is 1. The minimum absolute atomic E-state index is 0.0539. The van der Waals surface area contributed by atoms with Gasteiger partial charge in [0.2, 0.25) is 5.43 Å². The SMILES string of the molecule is COc1ccc(Cl)cc1NC(=O)c1cn(C)c2ccccc2c1=O. The third-order valence-electron chi connectivity index (χ3n) is 3.75. The molecule has 0 saturated heterocycles. The fraction of sp³-hybridized carbons (Fsp3) is 0.111. The lowest BCUT2D eigenvalue weighted by Crippen LogP contribution is -2.23. The van der Waals surface area contributed by atoms with Gasteiger partial charge in [0.05, 0.1) is 18.3 Å². The monoisotopic (exact) mass is 342 g/mol. The summed E-state index contributed by atoms with van der Waals surface area (Å²) in [7, 11) is 3.28. The standard InChI is InChI=1S/C18H15ClN2O3/c1-21-10-13(17(22)12-5-3-4-6-15(12)21)18(23)20-14-9-11(19)7-8-16(14)24-2/h3-10H,1-2H3,(H,20,23). The van der Waals surface area contributed by atoms with E-state index in [4.69, 9.17) is 16.3 Å². The molecule has 6 heteroatoms. The van der Waals surface area contributed by atoms with Crippen molar-refractivity contribution in [1.82, 2.24) is 4.57 Å². The molecule has 0 saturated carbocycles. The van der Waals surface area contributed by atoms with Crippen molar-refractivity contribution in [3.05, 3.63) is 69.5 Å². The van der Waals surface area contributed by atoms with Crippen LogP contribution in [0.4, 0.5) is 5.69 Å². The number of para-hydroxylation sites is 1. The lowest BCUT2D eigenvalue weighted by Gasteiger charge is -2.12. The number of nitrogens with one attached hydrogen (secondary N) is 1. The Morgan fingerprint density at radius 3 is 2.71 bits per heavy atom. The Morgan fingerprint density at radius 2 is 1.96 bits per heavy atom. The van der Waals surface area contributed by atoms with Crippen LogP contribution >= 0.6 is 11.6 Å². The maximum atomic E-state index is 12.6. The normalized spacial score (nSPS) is 10.6. The van der Waals surface area contributed by atoms with Crippen molar-refractivity contribution in [2.45, 2.75) is 0 Å². The van der Waals surface area contributed by atoms with Crippen molar-refractivity contribution >= 4 is 34.1 Å². The van der Waals surface area contributed by atoms with Gasteiger partial charge in [0.15, 0.2) is 0 Å². The van der Waals surface area contributed by atoms with E-state index in [9.17, 15) is 9.59 Å². The molecule has 122 valence electrons. The molecular weight excluding hydrogens is 328 g/mol. The highest BCUT2D eigenvalue weighted by atomic mass is 35.5. The highest BCUT2D eigenvalue weighted by Crippen LogP contribution is 2.28. The Labute approximate surface area is 143 Å². The van der Waals surface area contributed by atoms with Crippen LogP contribution in [0.15, 0.2) is 53.5 Å². The summed E-state index contributed by atoms with van der Waals surface area (Å²) < 4.78 is 6.96. The van der Waals surface area contributed by atoms with Gasteiger partial charge in [0, 0.05) is 23.7 Å². The topological polar surface area (TPSA) is 60.3 Å². The van der Waals surface area contributed by atoms with Crippen LogP contribution in [-0.4, -0.2) is 17.6 Å². The Bertz CT molecular complexity index is 995. The van der Waals surface area contributed by atoms with Crippen LogP contribution in [0.2, 0.25) is 5.02 Å². The van der Waals surface area contributed by atoms with E-state index in [0.29, 0.717) is 21.8 Å². The number of aromatic nitrogens is 1. The first kappa shape index (κ1) is 16.1. The van der Waals surface area contributed by atoms with E-state index in [1.54, 1.807) is 41.9 Å². The molecule has 24 heavy (non-hydrogen) atoms. The van der Waals surface area contributed by atoms with Gasteiger partial charge in [-0.2, -0.15) is 0 Å². The zero-order chi connectivity index (χ0) is 17.3. The molecule has 1 aromatic heterocycles. The van der Waals surface area contributed by atoms with E-state index >= 15 is 0 Å². The van der Waals surface area contributed by atoms with Gasteiger partial charge in [0.25, 0.3) is 5.91 Å². The molecule has 0 unspecified atom stereocenters. The Hall–Kier alpha value is -2.79. The highest BCUT2D eigenvalue weighted by Gasteiger charge is 2.16. The van der Waals surface area contributed by atoms with Gasteiger partial charge in [-0.1, -0.05) is 23.7 Å². The van der Waals surface area contributed by atoms with Gasteiger partial charge in [-0.15, -0.1) is 0 Å². The molecule has 0 aliphatic heterocycles. The second kappa shape index (κ2) is 6.37. The number of rotatable bonds is 3. The number of benzene rings is 2. The fourth-order valence-electron chi connectivity index (χ4n) is 2.57. The molecule has 0 spiro atoms. The largest absolute Gasteiger partial charge is 0.495 e. The zero-order valence-electron chi connectivity index (χ0n) is 13.2. The summed E-state index contributed by atoms with van der Waals surface area (Å²) >= 11 is 5.97. The quantitative estimate of drug-likeness (QED) is 0.793. The fourth-order valence-corrected chi connectivity index (χ4v) is 2.74. The predicted octanol–water partition coefficient (Wildman–Crippen LogP) is 3.45. The Balaban J connectivity index is 2.06. The van der Waals surface area contributed by atoms with Crippen LogP contribution < -0.4 is 15.5 Å². The van der Waals surface area contributed by atoms with Crippen LogP contribution in [0.25, 0.3) is 10.9 Å². The lowest BCUT2D eigenvalue weighted by atomic mass is 10.1. The first-order valence-corrected chi connectivity index (χ1v) is 7.62. The molecule has 0 atom stereocenters.